The Kier molecular flexibility index (Phi) is 4.29. The van der Waals surface area contributed by atoms with E-state index in [4.69, 9.17) is 4.74 Å². The maximum absolute atomic E-state index is 9.94. The van der Waals surface area contributed by atoms with Gasteiger partial charge in [0.2, 0.25) is 0 Å². The number of hydrogen-bond acceptors (Lipinski definition) is 3. The summed E-state index contributed by atoms with van der Waals surface area (Å²) in [5.74, 6) is 1.16. The monoisotopic (exact) mass is 305 g/mol. The molecule has 116 valence electrons. The highest BCUT2D eigenvalue weighted by Gasteiger charge is 2.11. The lowest BCUT2D eigenvalue weighted by molar-refractivity contribution is 0.304. The van der Waals surface area contributed by atoms with Gasteiger partial charge in [0, 0.05) is 12.4 Å². The van der Waals surface area contributed by atoms with Gasteiger partial charge in [-0.05, 0) is 65.9 Å². The summed E-state index contributed by atoms with van der Waals surface area (Å²) in [6.45, 7) is 4.47. The average Bonchev–Trinajstić information content (AvgIpc) is 2.58. The Bertz CT molecular complexity index is 813. The van der Waals surface area contributed by atoms with Crippen molar-refractivity contribution in [2.75, 3.05) is 0 Å². The summed E-state index contributed by atoms with van der Waals surface area (Å²) in [6.07, 6.45) is 3.52. The molecule has 0 saturated carbocycles. The van der Waals surface area contributed by atoms with Crippen LogP contribution in [-0.4, -0.2) is 10.1 Å². The van der Waals surface area contributed by atoms with Gasteiger partial charge in [-0.3, -0.25) is 4.98 Å². The number of aromatic hydroxyl groups is 1. The highest BCUT2D eigenvalue weighted by molar-refractivity contribution is 5.74. The van der Waals surface area contributed by atoms with Crippen molar-refractivity contribution in [3.63, 3.8) is 0 Å². The number of rotatable bonds is 4. The van der Waals surface area contributed by atoms with Crippen LogP contribution in [0.15, 0.2) is 60.9 Å². The Hall–Kier alpha value is -2.81. The number of aromatic nitrogens is 1. The Morgan fingerprint density at radius 2 is 1.52 bits per heavy atom. The quantitative estimate of drug-likeness (QED) is 0.763. The van der Waals surface area contributed by atoms with Crippen LogP contribution in [0.1, 0.15) is 16.7 Å². The lowest BCUT2D eigenvalue weighted by atomic mass is 9.95. The Morgan fingerprint density at radius 3 is 2.26 bits per heavy atom. The van der Waals surface area contributed by atoms with Crippen LogP contribution in [0.4, 0.5) is 0 Å². The van der Waals surface area contributed by atoms with Crippen LogP contribution in [0, 0.1) is 13.8 Å². The molecule has 0 fully saturated rings. The minimum absolute atomic E-state index is 0.310. The van der Waals surface area contributed by atoms with E-state index >= 15 is 0 Å². The molecule has 3 heteroatoms. The summed E-state index contributed by atoms with van der Waals surface area (Å²) in [4.78, 5) is 4.01. The smallest absolute Gasteiger partial charge is 0.123 e. The SMILES string of the molecule is Cc1c(O)cccc1-c1cccc(OCc2ccncc2)c1C. The molecule has 0 bridgehead atoms. The highest BCUT2D eigenvalue weighted by Crippen LogP contribution is 2.34. The molecule has 0 spiro atoms. The number of phenols is 1. The maximum atomic E-state index is 9.94. The summed E-state index contributed by atoms with van der Waals surface area (Å²) >= 11 is 0. The van der Waals surface area contributed by atoms with Crippen molar-refractivity contribution in [3.8, 4) is 22.6 Å². The van der Waals surface area contributed by atoms with E-state index in [0.29, 0.717) is 12.4 Å². The van der Waals surface area contributed by atoms with E-state index in [9.17, 15) is 5.11 Å². The van der Waals surface area contributed by atoms with Crippen LogP contribution in [0.2, 0.25) is 0 Å². The zero-order valence-electron chi connectivity index (χ0n) is 13.3. The summed E-state index contributed by atoms with van der Waals surface area (Å²) in [5, 5.41) is 9.94. The summed E-state index contributed by atoms with van der Waals surface area (Å²) in [7, 11) is 0. The molecule has 0 saturated heterocycles. The molecule has 1 N–H and O–H groups in total. The predicted molar refractivity (Wildman–Crippen MR) is 91.6 cm³/mol. The van der Waals surface area contributed by atoms with Crippen LogP contribution < -0.4 is 4.74 Å². The van der Waals surface area contributed by atoms with Crippen molar-refractivity contribution >= 4 is 0 Å². The third kappa shape index (κ3) is 3.19. The molecule has 0 amide bonds. The summed E-state index contributed by atoms with van der Waals surface area (Å²) < 4.78 is 5.96. The number of ether oxygens (including phenoxy) is 1. The van der Waals surface area contributed by atoms with Crippen molar-refractivity contribution in [2.45, 2.75) is 20.5 Å². The number of phenolic OH excluding ortho intramolecular Hbond substituents is 1. The van der Waals surface area contributed by atoms with Crippen molar-refractivity contribution in [1.29, 1.82) is 0 Å². The van der Waals surface area contributed by atoms with Crippen LogP contribution in [0.3, 0.4) is 0 Å². The predicted octanol–water partition coefficient (Wildman–Crippen LogP) is 4.65. The average molecular weight is 305 g/mol. The van der Waals surface area contributed by atoms with Crippen LogP contribution in [0.25, 0.3) is 11.1 Å². The maximum Gasteiger partial charge on any atom is 0.123 e. The van der Waals surface area contributed by atoms with E-state index in [-0.39, 0.29) is 0 Å². The fraction of sp³-hybridized carbons (Fsp3) is 0.150. The fourth-order valence-electron chi connectivity index (χ4n) is 2.62. The molecule has 2 aromatic carbocycles. The molecule has 0 aliphatic carbocycles. The minimum atomic E-state index is 0.310. The van der Waals surface area contributed by atoms with Gasteiger partial charge in [-0.1, -0.05) is 24.3 Å². The second-order valence-corrected chi connectivity index (χ2v) is 5.52. The van der Waals surface area contributed by atoms with Gasteiger partial charge < -0.3 is 9.84 Å². The van der Waals surface area contributed by atoms with Crippen LogP contribution >= 0.6 is 0 Å². The second-order valence-electron chi connectivity index (χ2n) is 5.52. The molecule has 1 aromatic heterocycles. The molecule has 3 nitrogen and oxygen atoms in total. The molecule has 0 atom stereocenters. The first-order valence-electron chi connectivity index (χ1n) is 7.57. The Labute approximate surface area is 136 Å². The Balaban J connectivity index is 1.91. The van der Waals surface area contributed by atoms with E-state index in [1.54, 1.807) is 18.5 Å². The third-order valence-corrected chi connectivity index (χ3v) is 4.02. The molecule has 1 heterocycles. The third-order valence-electron chi connectivity index (χ3n) is 4.02. The number of nitrogens with zero attached hydrogens (tertiary/aromatic N) is 1. The highest BCUT2D eigenvalue weighted by atomic mass is 16.5. The Morgan fingerprint density at radius 1 is 0.870 bits per heavy atom. The van der Waals surface area contributed by atoms with Gasteiger partial charge in [-0.15, -0.1) is 0 Å². The molecular formula is C20H19NO2. The van der Waals surface area contributed by atoms with Gasteiger partial charge in [-0.25, -0.2) is 0 Å². The number of benzene rings is 2. The lowest BCUT2D eigenvalue weighted by Gasteiger charge is -2.15. The molecule has 0 aliphatic heterocycles. The van der Waals surface area contributed by atoms with E-state index in [0.717, 1.165) is 33.6 Å². The van der Waals surface area contributed by atoms with Crippen LogP contribution in [-0.2, 0) is 6.61 Å². The molecule has 0 unspecified atom stereocenters. The van der Waals surface area contributed by atoms with Gasteiger partial charge in [0.05, 0.1) is 0 Å². The van der Waals surface area contributed by atoms with Gasteiger partial charge in [0.1, 0.15) is 18.1 Å². The topological polar surface area (TPSA) is 42.4 Å². The zero-order chi connectivity index (χ0) is 16.2. The first-order valence-corrected chi connectivity index (χ1v) is 7.57. The van der Waals surface area contributed by atoms with Crippen molar-refractivity contribution < 1.29 is 9.84 Å². The van der Waals surface area contributed by atoms with Gasteiger partial charge in [0.25, 0.3) is 0 Å². The van der Waals surface area contributed by atoms with Crippen molar-refractivity contribution in [2.24, 2.45) is 0 Å². The standard InChI is InChI=1S/C20H19NO2/c1-14-17(5-3-7-19(14)22)18-6-4-8-20(15(18)2)23-13-16-9-11-21-12-10-16/h3-12,22H,13H2,1-2H3. The molecule has 3 rings (SSSR count). The molecular weight excluding hydrogens is 286 g/mol. The van der Waals surface area contributed by atoms with E-state index in [2.05, 4.69) is 11.1 Å². The fourth-order valence-corrected chi connectivity index (χ4v) is 2.62. The zero-order valence-corrected chi connectivity index (χ0v) is 13.3. The van der Waals surface area contributed by atoms with Crippen LogP contribution in [0.5, 0.6) is 11.5 Å². The molecule has 23 heavy (non-hydrogen) atoms. The largest absolute Gasteiger partial charge is 0.508 e. The minimum Gasteiger partial charge on any atom is -0.508 e. The summed E-state index contributed by atoms with van der Waals surface area (Å²) in [5.41, 5.74) is 5.12. The van der Waals surface area contributed by atoms with Gasteiger partial charge in [-0.2, -0.15) is 0 Å². The lowest BCUT2D eigenvalue weighted by Crippen LogP contribution is -1.98. The molecule has 0 radical (unpaired) electrons. The number of pyridine rings is 1. The van der Waals surface area contributed by atoms with Crippen molar-refractivity contribution in [3.05, 3.63) is 77.6 Å². The van der Waals surface area contributed by atoms with Gasteiger partial charge in [0.15, 0.2) is 0 Å². The number of hydrogen-bond donors (Lipinski definition) is 1. The normalized spacial score (nSPS) is 10.5. The first-order chi connectivity index (χ1) is 11.2. The van der Waals surface area contributed by atoms with E-state index < -0.39 is 0 Å². The van der Waals surface area contributed by atoms with E-state index in [1.807, 2.05) is 50.2 Å². The summed E-state index contributed by atoms with van der Waals surface area (Å²) in [6, 6.07) is 15.5. The van der Waals surface area contributed by atoms with Gasteiger partial charge >= 0.3 is 0 Å². The van der Waals surface area contributed by atoms with E-state index in [1.165, 1.54) is 0 Å². The molecule has 0 aliphatic rings. The first kappa shape index (κ1) is 15.1. The van der Waals surface area contributed by atoms with Crippen molar-refractivity contribution in [1.82, 2.24) is 4.98 Å². The molecule has 3 aromatic rings. The second kappa shape index (κ2) is 6.53.